The number of carbonyl (C=O) groups is 2. The summed E-state index contributed by atoms with van der Waals surface area (Å²) in [5.74, 6) is -0.968. The fourth-order valence-electron chi connectivity index (χ4n) is 2.55. The maximum Gasteiger partial charge on any atom is 0.387 e. The summed E-state index contributed by atoms with van der Waals surface area (Å²) in [4.78, 5) is 23.5. The number of carboxylic acid groups (broad SMARTS) is 1. The second-order valence-electron chi connectivity index (χ2n) is 6.10. The van der Waals surface area contributed by atoms with E-state index in [2.05, 4.69) is 15.4 Å². The molecule has 0 saturated carbocycles. The van der Waals surface area contributed by atoms with Crippen LogP contribution in [-0.4, -0.2) is 43.3 Å². The molecule has 0 spiro atoms. The molecule has 156 valence electrons. The molecule has 3 N–H and O–H groups in total. The lowest BCUT2D eigenvalue weighted by atomic mass is 10.1. The monoisotopic (exact) mass is 408 g/mol. The van der Waals surface area contributed by atoms with Crippen LogP contribution in [0.2, 0.25) is 0 Å². The van der Waals surface area contributed by atoms with Crippen molar-refractivity contribution >= 4 is 17.6 Å². The van der Waals surface area contributed by atoms with Crippen molar-refractivity contribution in [1.82, 2.24) is 5.32 Å². The Balaban J connectivity index is 1.82. The van der Waals surface area contributed by atoms with E-state index in [1.54, 1.807) is 7.11 Å². The van der Waals surface area contributed by atoms with Crippen molar-refractivity contribution in [1.29, 1.82) is 0 Å². The van der Waals surface area contributed by atoms with E-state index in [1.165, 1.54) is 24.3 Å². The lowest BCUT2D eigenvalue weighted by molar-refractivity contribution is -0.141. The van der Waals surface area contributed by atoms with E-state index in [-0.39, 0.29) is 12.2 Å². The molecule has 1 atom stereocenters. The SMILES string of the molecule is COc1ccc(CCNC(CC(=O)Nc2ccc(OC(F)F)cc2)C(=O)O)cc1. The Morgan fingerprint density at radius 3 is 2.21 bits per heavy atom. The summed E-state index contributed by atoms with van der Waals surface area (Å²) in [5, 5.41) is 14.7. The zero-order chi connectivity index (χ0) is 21.2. The standard InChI is InChI=1S/C20H22F2N2O5/c1-28-15-6-2-13(3-7-15)10-11-23-17(19(26)27)12-18(25)24-14-4-8-16(9-5-14)29-20(21)22/h2-9,17,20,23H,10-12H2,1H3,(H,24,25)(H,26,27). The average molecular weight is 408 g/mol. The number of anilines is 1. The first kappa shape index (κ1) is 22.1. The smallest absolute Gasteiger partial charge is 0.387 e. The number of halogens is 2. The van der Waals surface area contributed by atoms with E-state index in [1.807, 2.05) is 24.3 Å². The number of hydrogen-bond acceptors (Lipinski definition) is 5. The predicted octanol–water partition coefficient (Wildman–Crippen LogP) is 2.91. The predicted molar refractivity (Wildman–Crippen MR) is 102 cm³/mol. The minimum absolute atomic E-state index is 0.0402. The third kappa shape index (κ3) is 7.74. The van der Waals surface area contributed by atoms with Crippen LogP contribution in [0, 0.1) is 0 Å². The number of rotatable bonds is 11. The van der Waals surface area contributed by atoms with Gasteiger partial charge in [-0.15, -0.1) is 0 Å². The van der Waals surface area contributed by atoms with Crippen LogP contribution >= 0.6 is 0 Å². The molecule has 0 aromatic heterocycles. The molecule has 0 aliphatic heterocycles. The molecule has 0 aliphatic carbocycles. The molecule has 2 rings (SSSR count). The fraction of sp³-hybridized carbons (Fsp3) is 0.300. The van der Waals surface area contributed by atoms with Crippen LogP contribution in [0.4, 0.5) is 14.5 Å². The van der Waals surface area contributed by atoms with Crippen molar-refractivity contribution in [3.8, 4) is 11.5 Å². The summed E-state index contributed by atoms with van der Waals surface area (Å²) in [6, 6.07) is 11.7. The second kappa shape index (κ2) is 11.0. The number of carbonyl (C=O) groups excluding carboxylic acids is 1. The van der Waals surface area contributed by atoms with Crippen molar-refractivity contribution in [2.24, 2.45) is 0 Å². The van der Waals surface area contributed by atoms with E-state index in [9.17, 15) is 23.5 Å². The van der Waals surface area contributed by atoms with Crippen LogP contribution < -0.4 is 20.1 Å². The van der Waals surface area contributed by atoms with Gasteiger partial charge >= 0.3 is 12.6 Å². The Morgan fingerprint density at radius 2 is 1.66 bits per heavy atom. The molecular weight excluding hydrogens is 386 g/mol. The lowest BCUT2D eigenvalue weighted by Crippen LogP contribution is -2.40. The van der Waals surface area contributed by atoms with Gasteiger partial charge in [-0.1, -0.05) is 12.1 Å². The van der Waals surface area contributed by atoms with E-state index in [0.29, 0.717) is 18.7 Å². The van der Waals surface area contributed by atoms with Gasteiger partial charge in [0.2, 0.25) is 5.91 Å². The number of methoxy groups -OCH3 is 1. The number of ether oxygens (including phenoxy) is 2. The van der Waals surface area contributed by atoms with Gasteiger partial charge in [-0.2, -0.15) is 8.78 Å². The maximum atomic E-state index is 12.1. The zero-order valence-corrected chi connectivity index (χ0v) is 15.7. The summed E-state index contributed by atoms with van der Waals surface area (Å²) < 4.78 is 33.6. The summed E-state index contributed by atoms with van der Waals surface area (Å²) in [6.45, 7) is -2.56. The quantitative estimate of drug-likeness (QED) is 0.529. The number of aliphatic carboxylic acids is 1. The van der Waals surface area contributed by atoms with Crippen molar-refractivity contribution in [3.63, 3.8) is 0 Å². The molecule has 0 radical (unpaired) electrons. The third-order valence-electron chi connectivity index (χ3n) is 4.01. The minimum Gasteiger partial charge on any atom is -0.497 e. The molecule has 0 fully saturated rings. The molecule has 2 aromatic carbocycles. The third-order valence-corrected chi connectivity index (χ3v) is 4.01. The Hall–Kier alpha value is -3.20. The molecule has 0 saturated heterocycles. The van der Waals surface area contributed by atoms with Gasteiger partial charge in [-0.25, -0.2) is 0 Å². The molecule has 0 heterocycles. The first-order chi connectivity index (χ1) is 13.9. The minimum atomic E-state index is -2.93. The highest BCUT2D eigenvalue weighted by molar-refractivity contribution is 5.94. The number of alkyl halides is 2. The van der Waals surface area contributed by atoms with Gasteiger partial charge in [0.05, 0.1) is 13.5 Å². The number of carboxylic acids is 1. The molecule has 7 nitrogen and oxygen atoms in total. The van der Waals surface area contributed by atoms with Gasteiger partial charge < -0.3 is 25.2 Å². The lowest BCUT2D eigenvalue weighted by Gasteiger charge is -2.15. The van der Waals surface area contributed by atoms with Gasteiger partial charge in [-0.3, -0.25) is 9.59 Å². The van der Waals surface area contributed by atoms with Crippen LogP contribution in [0.3, 0.4) is 0 Å². The van der Waals surface area contributed by atoms with Gasteiger partial charge in [0, 0.05) is 5.69 Å². The normalized spacial score (nSPS) is 11.7. The van der Waals surface area contributed by atoms with Gasteiger partial charge in [0.15, 0.2) is 0 Å². The molecular formula is C20H22F2N2O5. The van der Waals surface area contributed by atoms with Crippen molar-refractivity contribution in [2.75, 3.05) is 19.0 Å². The maximum absolute atomic E-state index is 12.1. The Labute approximate surface area is 166 Å². The summed E-state index contributed by atoms with van der Waals surface area (Å²) >= 11 is 0. The van der Waals surface area contributed by atoms with Gasteiger partial charge in [-0.05, 0) is 54.9 Å². The highest BCUT2D eigenvalue weighted by Crippen LogP contribution is 2.18. The van der Waals surface area contributed by atoms with E-state index < -0.39 is 24.5 Å². The Bertz CT molecular complexity index is 798. The first-order valence-electron chi connectivity index (χ1n) is 8.81. The van der Waals surface area contributed by atoms with Crippen molar-refractivity contribution in [3.05, 3.63) is 54.1 Å². The number of amides is 1. The van der Waals surface area contributed by atoms with Crippen LogP contribution in [0.25, 0.3) is 0 Å². The molecule has 0 aliphatic rings. The van der Waals surface area contributed by atoms with Gasteiger partial charge in [0.25, 0.3) is 0 Å². The van der Waals surface area contributed by atoms with Crippen molar-refractivity contribution in [2.45, 2.75) is 25.5 Å². The van der Waals surface area contributed by atoms with E-state index in [0.717, 1.165) is 11.3 Å². The average Bonchev–Trinajstić information content (AvgIpc) is 2.68. The number of benzene rings is 2. The molecule has 2 aromatic rings. The van der Waals surface area contributed by atoms with Gasteiger partial charge in [0.1, 0.15) is 17.5 Å². The molecule has 0 bridgehead atoms. The summed E-state index contributed by atoms with van der Waals surface area (Å²) in [7, 11) is 1.57. The number of hydrogen-bond donors (Lipinski definition) is 3. The summed E-state index contributed by atoms with van der Waals surface area (Å²) in [6.07, 6.45) is 0.300. The molecule has 9 heteroatoms. The molecule has 29 heavy (non-hydrogen) atoms. The zero-order valence-electron chi connectivity index (χ0n) is 15.7. The van der Waals surface area contributed by atoms with Crippen LogP contribution in [0.1, 0.15) is 12.0 Å². The number of nitrogens with one attached hydrogen (secondary N) is 2. The van der Waals surface area contributed by atoms with E-state index >= 15 is 0 Å². The van der Waals surface area contributed by atoms with Crippen LogP contribution in [0.15, 0.2) is 48.5 Å². The molecule has 1 amide bonds. The Morgan fingerprint density at radius 1 is 1.03 bits per heavy atom. The highest BCUT2D eigenvalue weighted by Gasteiger charge is 2.20. The van der Waals surface area contributed by atoms with Crippen LogP contribution in [-0.2, 0) is 16.0 Å². The second-order valence-corrected chi connectivity index (χ2v) is 6.10. The fourth-order valence-corrected chi connectivity index (χ4v) is 2.55. The highest BCUT2D eigenvalue weighted by atomic mass is 19.3. The van der Waals surface area contributed by atoms with E-state index in [4.69, 9.17) is 4.74 Å². The van der Waals surface area contributed by atoms with Crippen LogP contribution in [0.5, 0.6) is 11.5 Å². The largest absolute Gasteiger partial charge is 0.497 e. The summed E-state index contributed by atoms with van der Waals surface area (Å²) in [5.41, 5.74) is 1.34. The first-order valence-corrected chi connectivity index (χ1v) is 8.81. The van der Waals surface area contributed by atoms with Crippen molar-refractivity contribution < 1.29 is 33.0 Å². The molecule has 1 unspecified atom stereocenters. The Kier molecular flexibility index (Phi) is 8.35. The topological polar surface area (TPSA) is 96.9 Å².